The van der Waals surface area contributed by atoms with Gasteiger partial charge < -0.3 is 5.73 Å². The summed E-state index contributed by atoms with van der Waals surface area (Å²) >= 11 is 0. The van der Waals surface area contributed by atoms with Gasteiger partial charge in [-0.1, -0.05) is 20.3 Å². The fourth-order valence-corrected chi connectivity index (χ4v) is 4.46. The van der Waals surface area contributed by atoms with Gasteiger partial charge in [-0.15, -0.1) is 0 Å². The van der Waals surface area contributed by atoms with Crippen molar-refractivity contribution in [2.45, 2.75) is 44.0 Å². The Kier molecular flexibility index (Phi) is 4.53. The van der Waals surface area contributed by atoms with Crippen LogP contribution in [0, 0.1) is 23.5 Å². The number of nitrogens with two attached hydrogens (primary N) is 1. The lowest BCUT2D eigenvalue weighted by Gasteiger charge is -2.21. The molecule has 0 amide bonds. The Balaban J connectivity index is 2.26. The number of benzene rings is 1. The molecular formula is C14H20F2N2O2S. The molecule has 3 atom stereocenters. The van der Waals surface area contributed by atoms with Gasteiger partial charge in [0.05, 0.1) is 0 Å². The Morgan fingerprint density at radius 1 is 1.33 bits per heavy atom. The molecule has 3 N–H and O–H groups in total. The fraction of sp³-hybridized carbons (Fsp3) is 0.571. The summed E-state index contributed by atoms with van der Waals surface area (Å²) in [6, 6.07) is 1.53. The van der Waals surface area contributed by atoms with Gasteiger partial charge in [0.2, 0.25) is 10.0 Å². The third kappa shape index (κ3) is 3.03. The number of halogens is 2. The molecule has 1 aromatic carbocycles. The van der Waals surface area contributed by atoms with E-state index in [1.165, 1.54) is 0 Å². The van der Waals surface area contributed by atoms with E-state index in [-0.39, 0.29) is 12.0 Å². The molecule has 0 bridgehead atoms. The highest BCUT2D eigenvalue weighted by atomic mass is 32.2. The minimum Gasteiger partial charge on any atom is -0.394 e. The van der Waals surface area contributed by atoms with E-state index in [4.69, 9.17) is 5.73 Å². The highest BCUT2D eigenvalue weighted by Crippen LogP contribution is 2.35. The molecule has 1 fully saturated rings. The van der Waals surface area contributed by atoms with Gasteiger partial charge in [0.1, 0.15) is 16.4 Å². The van der Waals surface area contributed by atoms with Gasteiger partial charge in [-0.2, -0.15) is 0 Å². The first-order valence-corrected chi connectivity index (χ1v) is 8.52. The van der Waals surface area contributed by atoms with Crippen LogP contribution in [0.15, 0.2) is 17.0 Å². The second-order valence-electron chi connectivity index (χ2n) is 5.61. The number of nitrogens with one attached hydrogen (secondary N) is 1. The maximum Gasteiger partial charge on any atom is 0.243 e. The van der Waals surface area contributed by atoms with Gasteiger partial charge in [-0.05, 0) is 36.8 Å². The second kappa shape index (κ2) is 5.88. The van der Waals surface area contributed by atoms with E-state index in [0.717, 1.165) is 31.4 Å². The van der Waals surface area contributed by atoms with Crippen LogP contribution in [0.1, 0.15) is 33.1 Å². The number of anilines is 1. The standard InChI is InChI=1S/C14H20F2N2O2S/c1-3-9-4-6-11(8(9)2)18-21(19,20)12-7-5-10(15)14(17)13(12)16/h5,7-9,11,18H,3-4,6,17H2,1-2H3. The predicted molar refractivity (Wildman–Crippen MR) is 77.1 cm³/mol. The molecule has 1 aromatic rings. The van der Waals surface area contributed by atoms with Gasteiger partial charge >= 0.3 is 0 Å². The Hall–Kier alpha value is -1.21. The van der Waals surface area contributed by atoms with Crippen molar-refractivity contribution in [1.29, 1.82) is 0 Å². The van der Waals surface area contributed by atoms with Gasteiger partial charge in [-0.3, -0.25) is 0 Å². The van der Waals surface area contributed by atoms with Crippen molar-refractivity contribution in [1.82, 2.24) is 4.72 Å². The SMILES string of the molecule is CCC1CCC(NS(=O)(=O)c2ccc(F)c(N)c2F)C1C. The fourth-order valence-electron chi connectivity index (χ4n) is 3.01. The lowest BCUT2D eigenvalue weighted by molar-refractivity contribution is 0.368. The minimum atomic E-state index is -4.05. The number of sulfonamides is 1. The van der Waals surface area contributed by atoms with Crippen molar-refractivity contribution in [3.8, 4) is 0 Å². The van der Waals surface area contributed by atoms with Crippen molar-refractivity contribution in [3.05, 3.63) is 23.8 Å². The van der Waals surface area contributed by atoms with Gasteiger partial charge in [-0.25, -0.2) is 21.9 Å². The van der Waals surface area contributed by atoms with Crippen molar-refractivity contribution < 1.29 is 17.2 Å². The minimum absolute atomic E-state index is 0.186. The molecule has 118 valence electrons. The number of hydrogen-bond acceptors (Lipinski definition) is 3. The zero-order valence-corrected chi connectivity index (χ0v) is 12.9. The van der Waals surface area contributed by atoms with Gasteiger partial charge in [0.15, 0.2) is 5.82 Å². The summed E-state index contributed by atoms with van der Waals surface area (Å²) in [5.74, 6) is -1.56. The number of nitrogen functional groups attached to an aromatic ring is 1. The molecular weight excluding hydrogens is 298 g/mol. The van der Waals surface area contributed by atoms with E-state index in [1.54, 1.807) is 0 Å². The predicted octanol–water partition coefficient (Wildman–Crippen LogP) is 2.65. The summed E-state index contributed by atoms with van der Waals surface area (Å²) in [5, 5.41) is 0. The highest BCUT2D eigenvalue weighted by molar-refractivity contribution is 7.89. The quantitative estimate of drug-likeness (QED) is 0.838. The van der Waals surface area contributed by atoms with Crippen LogP contribution in [-0.2, 0) is 10.0 Å². The van der Waals surface area contributed by atoms with Crippen molar-refractivity contribution in [2.75, 3.05) is 5.73 Å². The maximum absolute atomic E-state index is 13.9. The topological polar surface area (TPSA) is 72.2 Å². The van der Waals surface area contributed by atoms with E-state index in [2.05, 4.69) is 11.6 Å². The molecule has 0 radical (unpaired) electrons. The third-order valence-electron chi connectivity index (χ3n) is 4.44. The van der Waals surface area contributed by atoms with Crippen LogP contribution < -0.4 is 10.5 Å². The molecule has 1 aliphatic rings. The molecule has 0 saturated heterocycles. The summed E-state index contributed by atoms with van der Waals surface area (Å²) < 4.78 is 54.1. The Morgan fingerprint density at radius 3 is 2.57 bits per heavy atom. The summed E-state index contributed by atoms with van der Waals surface area (Å²) in [7, 11) is -4.05. The molecule has 0 heterocycles. The average molecular weight is 318 g/mol. The average Bonchev–Trinajstić information content (AvgIpc) is 2.76. The van der Waals surface area contributed by atoms with Crippen LogP contribution in [0.5, 0.6) is 0 Å². The summed E-state index contributed by atoms with van der Waals surface area (Å²) in [6.45, 7) is 4.06. The smallest absolute Gasteiger partial charge is 0.243 e. The largest absolute Gasteiger partial charge is 0.394 e. The normalized spacial score (nSPS) is 26.2. The van der Waals surface area contributed by atoms with Crippen LogP contribution in [0.2, 0.25) is 0 Å². The van der Waals surface area contributed by atoms with Crippen LogP contribution in [0.4, 0.5) is 14.5 Å². The Morgan fingerprint density at radius 2 is 2.00 bits per heavy atom. The van der Waals surface area contributed by atoms with Crippen LogP contribution in [-0.4, -0.2) is 14.5 Å². The zero-order valence-electron chi connectivity index (χ0n) is 12.1. The van der Waals surface area contributed by atoms with E-state index in [0.29, 0.717) is 5.92 Å². The Bertz CT molecular complexity index is 634. The third-order valence-corrected chi connectivity index (χ3v) is 5.95. The molecule has 1 saturated carbocycles. The molecule has 4 nitrogen and oxygen atoms in total. The van der Waals surface area contributed by atoms with Crippen LogP contribution in [0.25, 0.3) is 0 Å². The van der Waals surface area contributed by atoms with E-state index < -0.39 is 32.2 Å². The number of hydrogen-bond donors (Lipinski definition) is 2. The van der Waals surface area contributed by atoms with E-state index in [1.807, 2.05) is 6.92 Å². The molecule has 0 spiro atoms. The zero-order chi connectivity index (χ0) is 15.8. The molecule has 7 heteroatoms. The molecule has 3 unspecified atom stereocenters. The van der Waals surface area contributed by atoms with E-state index in [9.17, 15) is 17.2 Å². The van der Waals surface area contributed by atoms with Crippen molar-refractivity contribution in [2.24, 2.45) is 11.8 Å². The van der Waals surface area contributed by atoms with E-state index >= 15 is 0 Å². The lowest BCUT2D eigenvalue weighted by Crippen LogP contribution is -2.38. The van der Waals surface area contributed by atoms with Gasteiger partial charge in [0.25, 0.3) is 0 Å². The maximum atomic E-state index is 13.9. The second-order valence-corrected chi connectivity index (χ2v) is 7.29. The Labute approximate surface area is 123 Å². The van der Waals surface area contributed by atoms with Crippen LogP contribution in [0.3, 0.4) is 0 Å². The van der Waals surface area contributed by atoms with Crippen LogP contribution >= 0.6 is 0 Å². The molecule has 0 aliphatic heterocycles. The highest BCUT2D eigenvalue weighted by Gasteiger charge is 2.35. The monoisotopic (exact) mass is 318 g/mol. The molecule has 21 heavy (non-hydrogen) atoms. The summed E-state index contributed by atoms with van der Waals surface area (Å²) in [4.78, 5) is -0.603. The summed E-state index contributed by atoms with van der Waals surface area (Å²) in [5.41, 5.74) is 4.44. The first-order valence-electron chi connectivity index (χ1n) is 7.03. The molecule has 1 aliphatic carbocycles. The van der Waals surface area contributed by atoms with Crippen molar-refractivity contribution >= 4 is 15.7 Å². The van der Waals surface area contributed by atoms with Crippen molar-refractivity contribution in [3.63, 3.8) is 0 Å². The summed E-state index contributed by atoms with van der Waals surface area (Å²) in [6.07, 6.45) is 2.65. The first-order chi connectivity index (χ1) is 9.77. The first kappa shape index (κ1) is 16.2. The molecule has 0 aromatic heterocycles. The lowest BCUT2D eigenvalue weighted by atomic mass is 9.94. The molecule has 2 rings (SSSR count). The number of rotatable bonds is 4. The van der Waals surface area contributed by atoms with Gasteiger partial charge in [0, 0.05) is 6.04 Å².